The third-order valence-electron chi connectivity index (χ3n) is 1.71. The molecule has 0 aliphatic carbocycles. The molecule has 1 aromatic heterocycles. The van der Waals surface area contributed by atoms with Gasteiger partial charge in [0.05, 0.1) is 0 Å². The average molecular weight is 223 g/mol. The van der Waals surface area contributed by atoms with Crippen molar-refractivity contribution in [1.29, 1.82) is 0 Å². The van der Waals surface area contributed by atoms with Crippen LogP contribution in [0.3, 0.4) is 0 Å². The minimum Gasteiger partial charge on any atom is -0.293 e. The fourth-order valence-corrected chi connectivity index (χ4v) is 1.68. The summed E-state index contributed by atoms with van der Waals surface area (Å²) in [5, 5.41) is 1.98. The van der Waals surface area contributed by atoms with Gasteiger partial charge in [-0.1, -0.05) is 19.9 Å². The molecule has 0 radical (unpaired) electrons. The van der Waals surface area contributed by atoms with Crippen molar-refractivity contribution < 1.29 is 9.59 Å². The molecule has 80 valence electrons. The van der Waals surface area contributed by atoms with E-state index in [-0.39, 0.29) is 11.6 Å². The van der Waals surface area contributed by atoms with E-state index in [4.69, 9.17) is 0 Å². The molecule has 0 bridgehead atoms. The summed E-state index contributed by atoms with van der Waals surface area (Å²) < 4.78 is 0. The molecular formula is C11H13NO2S. The minimum atomic E-state index is -0.138. The number of rotatable bonds is 4. The second-order valence-electron chi connectivity index (χ2n) is 3.56. The van der Waals surface area contributed by atoms with E-state index in [1.807, 2.05) is 19.9 Å². The van der Waals surface area contributed by atoms with Crippen LogP contribution < -0.4 is 0 Å². The molecule has 3 nitrogen and oxygen atoms in total. The molecule has 15 heavy (non-hydrogen) atoms. The lowest BCUT2D eigenvalue weighted by Gasteiger charge is -1.91. The Hall–Kier alpha value is -1.29. The lowest BCUT2D eigenvalue weighted by atomic mass is 10.2. The molecule has 0 atom stereocenters. The van der Waals surface area contributed by atoms with Gasteiger partial charge >= 0.3 is 0 Å². The highest BCUT2D eigenvalue weighted by Crippen LogP contribution is 2.11. The van der Waals surface area contributed by atoms with E-state index in [0.717, 1.165) is 0 Å². The zero-order valence-electron chi connectivity index (χ0n) is 8.98. The Balaban J connectivity index is 2.79. The number of carbonyl (C=O) groups is 2. The van der Waals surface area contributed by atoms with Crippen molar-refractivity contribution in [3.05, 3.63) is 28.2 Å². The first kappa shape index (κ1) is 11.8. The monoisotopic (exact) mass is 223 g/mol. The van der Waals surface area contributed by atoms with Crippen molar-refractivity contribution in [2.24, 2.45) is 5.92 Å². The quantitative estimate of drug-likeness (QED) is 0.582. The number of nitrogens with zero attached hydrogens (tertiary/aromatic N) is 1. The van der Waals surface area contributed by atoms with Crippen molar-refractivity contribution in [1.82, 2.24) is 4.98 Å². The summed E-state index contributed by atoms with van der Waals surface area (Å²) in [5.41, 5.74) is 0.362. The fourth-order valence-electron chi connectivity index (χ4n) is 0.900. The molecule has 0 unspecified atom stereocenters. The maximum atomic E-state index is 11.5. The highest BCUT2D eigenvalue weighted by Gasteiger charge is 2.10. The zero-order chi connectivity index (χ0) is 11.4. The van der Waals surface area contributed by atoms with Crippen molar-refractivity contribution in [2.75, 3.05) is 0 Å². The van der Waals surface area contributed by atoms with E-state index in [2.05, 4.69) is 4.98 Å². The van der Waals surface area contributed by atoms with Crippen LogP contribution in [0, 0.1) is 5.92 Å². The van der Waals surface area contributed by atoms with Crippen LogP contribution >= 0.6 is 11.3 Å². The summed E-state index contributed by atoms with van der Waals surface area (Å²) in [6.45, 7) is 5.42. The first-order valence-electron chi connectivity index (χ1n) is 4.69. The van der Waals surface area contributed by atoms with E-state index < -0.39 is 0 Å². The standard InChI is InChI=1S/C11H13NO2S/c1-7(2)4-5-10(14)11-12-9(6-15-11)8(3)13/h4-7H,1-3H3/b5-4+. The number of allylic oxidation sites excluding steroid dienone is 2. The Bertz CT molecular complexity index is 404. The smallest absolute Gasteiger partial charge is 0.214 e. The Morgan fingerprint density at radius 2 is 2.13 bits per heavy atom. The highest BCUT2D eigenvalue weighted by atomic mass is 32.1. The number of thiazole rings is 1. The number of hydrogen-bond acceptors (Lipinski definition) is 4. The Kier molecular flexibility index (Phi) is 3.91. The lowest BCUT2D eigenvalue weighted by molar-refractivity contribution is 0.101. The third-order valence-corrected chi connectivity index (χ3v) is 2.57. The van der Waals surface area contributed by atoms with E-state index in [9.17, 15) is 9.59 Å². The summed E-state index contributed by atoms with van der Waals surface area (Å²) in [5.74, 6) is 0.0838. The van der Waals surface area contributed by atoms with Crippen LogP contribution in [-0.2, 0) is 0 Å². The van der Waals surface area contributed by atoms with Gasteiger partial charge in [-0.3, -0.25) is 9.59 Å². The number of Topliss-reactive ketones (excluding diaryl/α,β-unsaturated/α-hetero) is 1. The Morgan fingerprint density at radius 3 is 2.60 bits per heavy atom. The Labute approximate surface area is 92.8 Å². The van der Waals surface area contributed by atoms with Crippen LogP contribution in [0.4, 0.5) is 0 Å². The molecular weight excluding hydrogens is 210 g/mol. The first-order chi connectivity index (χ1) is 7.00. The SMILES string of the molecule is CC(=O)c1csc(C(=O)/C=C/C(C)C)n1. The second kappa shape index (κ2) is 4.98. The second-order valence-corrected chi connectivity index (χ2v) is 4.42. The van der Waals surface area contributed by atoms with Gasteiger partial charge in [-0.05, 0) is 12.0 Å². The van der Waals surface area contributed by atoms with Gasteiger partial charge in [-0.25, -0.2) is 4.98 Å². The van der Waals surface area contributed by atoms with Gasteiger partial charge in [0, 0.05) is 12.3 Å². The van der Waals surface area contributed by atoms with Crippen molar-refractivity contribution in [2.45, 2.75) is 20.8 Å². The molecule has 0 fully saturated rings. The summed E-state index contributed by atoms with van der Waals surface area (Å²) in [4.78, 5) is 26.5. The van der Waals surface area contributed by atoms with E-state index in [1.165, 1.54) is 24.3 Å². The molecule has 0 spiro atoms. The molecule has 1 aromatic rings. The predicted octanol–water partition coefficient (Wildman–Crippen LogP) is 2.74. The zero-order valence-corrected chi connectivity index (χ0v) is 9.80. The molecule has 1 heterocycles. The van der Waals surface area contributed by atoms with Crippen LogP contribution in [0.15, 0.2) is 17.5 Å². The fraction of sp³-hybridized carbons (Fsp3) is 0.364. The average Bonchev–Trinajstić information content (AvgIpc) is 2.62. The summed E-state index contributed by atoms with van der Waals surface area (Å²) in [6, 6.07) is 0. The van der Waals surface area contributed by atoms with Gasteiger partial charge in [0.15, 0.2) is 10.8 Å². The van der Waals surface area contributed by atoms with Crippen LogP contribution in [0.5, 0.6) is 0 Å². The van der Waals surface area contributed by atoms with E-state index in [0.29, 0.717) is 16.6 Å². The third kappa shape index (κ3) is 3.40. The van der Waals surface area contributed by atoms with E-state index >= 15 is 0 Å². The molecule has 0 N–H and O–H groups in total. The lowest BCUT2D eigenvalue weighted by Crippen LogP contribution is -1.97. The van der Waals surface area contributed by atoms with Gasteiger partial charge in [0.1, 0.15) is 5.69 Å². The number of ketones is 2. The van der Waals surface area contributed by atoms with Crippen molar-refractivity contribution in [3.63, 3.8) is 0 Å². The Morgan fingerprint density at radius 1 is 1.47 bits per heavy atom. The first-order valence-corrected chi connectivity index (χ1v) is 5.57. The van der Waals surface area contributed by atoms with Gasteiger partial charge < -0.3 is 0 Å². The summed E-state index contributed by atoms with van der Waals surface area (Å²) >= 11 is 1.20. The van der Waals surface area contributed by atoms with E-state index in [1.54, 1.807) is 5.38 Å². The maximum absolute atomic E-state index is 11.5. The topological polar surface area (TPSA) is 47.0 Å². The molecule has 0 aliphatic heterocycles. The summed E-state index contributed by atoms with van der Waals surface area (Å²) in [6.07, 6.45) is 3.32. The molecule has 0 saturated heterocycles. The normalized spacial score (nSPS) is 11.2. The van der Waals surface area contributed by atoms with Gasteiger partial charge in [-0.2, -0.15) is 0 Å². The van der Waals surface area contributed by atoms with Crippen LogP contribution in [0.2, 0.25) is 0 Å². The largest absolute Gasteiger partial charge is 0.293 e. The molecule has 0 aliphatic rings. The van der Waals surface area contributed by atoms with Crippen molar-refractivity contribution >= 4 is 22.9 Å². The minimum absolute atomic E-state index is 0.113. The van der Waals surface area contributed by atoms with Crippen LogP contribution in [0.1, 0.15) is 41.1 Å². The van der Waals surface area contributed by atoms with Gasteiger partial charge in [0.25, 0.3) is 0 Å². The number of hydrogen-bond donors (Lipinski definition) is 0. The summed E-state index contributed by atoms with van der Waals surface area (Å²) in [7, 11) is 0. The highest BCUT2D eigenvalue weighted by molar-refractivity contribution is 7.12. The molecule has 4 heteroatoms. The molecule has 0 aromatic carbocycles. The molecule has 1 rings (SSSR count). The number of aromatic nitrogens is 1. The van der Waals surface area contributed by atoms with Gasteiger partial charge in [0.2, 0.25) is 5.78 Å². The van der Waals surface area contributed by atoms with Crippen LogP contribution in [0.25, 0.3) is 0 Å². The number of carbonyl (C=O) groups excluding carboxylic acids is 2. The van der Waals surface area contributed by atoms with Crippen molar-refractivity contribution in [3.8, 4) is 0 Å². The van der Waals surface area contributed by atoms with Gasteiger partial charge in [-0.15, -0.1) is 11.3 Å². The maximum Gasteiger partial charge on any atom is 0.214 e. The predicted molar refractivity (Wildman–Crippen MR) is 60.4 cm³/mol. The van der Waals surface area contributed by atoms with Crippen LogP contribution in [-0.4, -0.2) is 16.6 Å². The molecule has 0 saturated carbocycles. The molecule has 0 amide bonds.